The number of hydrogen-bond donors (Lipinski definition) is 2. The van der Waals surface area contributed by atoms with Crippen LogP contribution in [0.3, 0.4) is 0 Å². The van der Waals surface area contributed by atoms with E-state index >= 15 is 0 Å². The normalized spacial score (nSPS) is 20.4. The Hall–Kier alpha value is -2.14. The fourth-order valence-electron chi connectivity index (χ4n) is 2.33. The molecule has 1 aromatic carbocycles. The van der Waals surface area contributed by atoms with Gasteiger partial charge in [-0.3, -0.25) is 4.79 Å². The van der Waals surface area contributed by atoms with E-state index in [2.05, 4.69) is 5.32 Å². The van der Waals surface area contributed by atoms with E-state index in [0.29, 0.717) is 5.00 Å². The Labute approximate surface area is 120 Å². The minimum atomic E-state index is -1.02. The SMILES string of the molecule is O=C(O)c1ccsc1NC(=O)C1CC1c1ccccc1. The molecule has 102 valence electrons. The van der Waals surface area contributed by atoms with Crippen molar-refractivity contribution in [1.82, 2.24) is 0 Å². The number of thiophene rings is 1. The number of nitrogens with one attached hydrogen (secondary N) is 1. The van der Waals surface area contributed by atoms with E-state index in [1.807, 2.05) is 30.3 Å². The van der Waals surface area contributed by atoms with Crippen LogP contribution in [-0.4, -0.2) is 17.0 Å². The van der Waals surface area contributed by atoms with Gasteiger partial charge < -0.3 is 10.4 Å². The number of amides is 1. The molecule has 1 amide bonds. The van der Waals surface area contributed by atoms with E-state index in [-0.39, 0.29) is 23.3 Å². The Morgan fingerprint density at radius 3 is 2.65 bits per heavy atom. The molecule has 2 atom stereocenters. The van der Waals surface area contributed by atoms with Crippen LogP contribution in [0.15, 0.2) is 41.8 Å². The molecule has 1 aromatic heterocycles. The minimum absolute atomic E-state index is 0.0545. The summed E-state index contributed by atoms with van der Waals surface area (Å²) in [5, 5.41) is 13.8. The van der Waals surface area contributed by atoms with Crippen LogP contribution >= 0.6 is 11.3 Å². The summed E-state index contributed by atoms with van der Waals surface area (Å²) in [5.74, 6) is -0.911. The van der Waals surface area contributed by atoms with Crippen molar-refractivity contribution in [2.24, 2.45) is 5.92 Å². The smallest absolute Gasteiger partial charge is 0.338 e. The summed E-state index contributed by atoms with van der Waals surface area (Å²) in [6.07, 6.45) is 0.823. The van der Waals surface area contributed by atoms with Crippen LogP contribution in [0.1, 0.15) is 28.3 Å². The van der Waals surface area contributed by atoms with E-state index in [0.717, 1.165) is 12.0 Å². The van der Waals surface area contributed by atoms with Crippen LogP contribution in [0.25, 0.3) is 0 Å². The van der Waals surface area contributed by atoms with Crippen molar-refractivity contribution >= 4 is 28.2 Å². The lowest BCUT2D eigenvalue weighted by Gasteiger charge is -2.04. The maximum atomic E-state index is 12.1. The Morgan fingerprint density at radius 1 is 1.20 bits per heavy atom. The quantitative estimate of drug-likeness (QED) is 0.907. The van der Waals surface area contributed by atoms with Crippen molar-refractivity contribution in [3.63, 3.8) is 0 Å². The molecule has 4 nitrogen and oxygen atoms in total. The molecular weight excluding hydrogens is 274 g/mol. The highest BCUT2D eigenvalue weighted by Gasteiger charge is 2.44. The number of benzene rings is 1. The van der Waals surface area contributed by atoms with Gasteiger partial charge in [0, 0.05) is 5.92 Å². The number of carbonyl (C=O) groups is 2. The molecule has 0 bridgehead atoms. The zero-order valence-electron chi connectivity index (χ0n) is 10.6. The van der Waals surface area contributed by atoms with Crippen LogP contribution in [0.4, 0.5) is 5.00 Å². The van der Waals surface area contributed by atoms with Crippen molar-refractivity contribution in [1.29, 1.82) is 0 Å². The first-order chi connectivity index (χ1) is 9.66. The summed E-state index contributed by atoms with van der Waals surface area (Å²) < 4.78 is 0. The summed E-state index contributed by atoms with van der Waals surface area (Å²) in [6.45, 7) is 0. The second-order valence-electron chi connectivity index (χ2n) is 4.82. The summed E-state index contributed by atoms with van der Waals surface area (Å²) in [4.78, 5) is 23.1. The average Bonchev–Trinajstić information content (AvgIpc) is 3.12. The molecule has 2 N–H and O–H groups in total. The van der Waals surface area contributed by atoms with Gasteiger partial charge in [0.25, 0.3) is 0 Å². The number of carboxylic acid groups (broad SMARTS) is 1. The lowest BCUT2D eigenvalue weighted by molar-refractivity contribution is -0.117. The van der Waals surface area contributed by atoms with Crippen LogP contribution in [0.2, 0.25) is 0 Å². The second-order valence-corrected chi connectivity index (χ2v) is 5.73. The van der Waals surface area contributed by atoms with Crippen molar-refractivity contribution in [2.75, 3.05) is 5.32 Å². The summed E-state index contributed by atoms with van der Waals surface area (Å²) in [7, 11) is 0. The molecule has 5 heteroatoms. The molecule has 3 rings (SSSR count). The summed E-state index contributed by atoms with van der Waals surface area (Å²) in [6, 6.07) is 11.4. The van der Waals surface area contributed by atoms with Gasteiger partial charge in [0.1, 0.15) is 5.00 Å². The minimum Gasteiger partial charge on any atom is -0.478 e. The molecule has 20 heavy (non-hydrogen) atoms. The first-order valence-electron chi connectivity index (χ1n) is 6.33. The van der Waals surface area contributed by atoms with E-state index < -0.39 is 5.97 Å². The predicted octanol–water partition coefficient (Wildman–Crippen LogP) is 3.19. The van der Waals surface area contributed by atoms with Gasteiger partial charge in [0.2, 0.25) is 5.91 Å². The monoisotopic (exact) mass is 287 g/mol. The first kappa shape index (κ1) is 12.9. The lowest BCUT2D eigenvalue weighted by atomic mass is 10.1. The zero-order chi connectivity index (χ0) is 14.1. The molecule has 0 aliphatic heterocycles. The maximum Gasteiger partial charge on any atom is 0.338 e. The average molecular weight is 287 g/mol. The topological polar surface area (TPSA) is 66.4 Å². The second kappa shape index (κ2) is 5.09. The number of carbonyl (C=O) groups excluding carboxylic acids is 1. The molecule has 1 aliphatic carbocycles. The van der Waals surface area contributed by atoms with Gasteiger partial charge >= 0.3 is 5.97 Å². The van der Waals surface area contributed by atoms with E-state index in [9.17, 15) is 9.59 Å². The Bertz CT molecular complexity index is 650. The molecule has 2 aromatic rings. The highest BCUT2D eigenvalue weighted by Crippen LogP contribution is 2.48. The first-order valence-corrected chi connectivity index (χ1v) is 7.21. The fourth-order valence-corrected chi connectivity index (χ4v) is 3.11. The third-order valence-electron chi connectivity index (χ3n) is 3.49. The molecular formula is C15H13NO3S. The number of anilines is 1. The van der Waals surface area contributed by atoms with Gasteiger partial charge in [-0.25, -0.2) is 4.79 Å². The van der Waals surface area contributed by atoms with E-state index in [4.69, 9.17) is 5.11 Å². The third kappa shape index (κ3) is 2.44. The number of carboxylic acids is 1. The molecule has 1 fully saturated rings. The molecule has 1 aliphatic rings. The highest BCUT2D eigenvalue weighted by molar-refractivity contribution is 7.14. The summed E-state index contributed by atoms with van der Waals surface area (Å²) in [5.41, 5.74) is 1.32. The highest BCUT2D eigenvalue weighted by atomic mass is 32.1. The number of rotatable bonds is 4. The standard InChI is InChI=1S/C15H13NO3S/c17-13(16-14-10(15(18)19)6-7-20-14)12-8-11(12)9-4-2-1-3-5-9/h1-7,11-12H,8H2,(H,16,17)(H,18,19). The Morgan fingerprint density at radius 2 is 1.95 bits per heavy atom. The van der Waals surface area contributed by atoms with Crippen LogP contribution in [-0.2, 0) is 4.79 Å². The third-order valence-corrected chi connectivity index (χ3v) is 4.32. The van der Waals surface area contributed by atoms with Gasteiger partial charge in [-0.15, -0.1) is 11.3 Å². The van der Waals surface area contributed by atoms with Gasteiger partial charge in [-0.05, 0) is 29.3 Å². The number of aromatic carboxylic acids is 1. The van der Waals surface area contributed by atoms with Crippen LogP contribution < -0.4 is 5.32 Å². The van der Waals surface area contributed by atoms with Gasteiger partial charge in [-0.2, -0.15) is 0 Å². The van der Waals surface area contributed by atoms with Crippen LogP contribution in [0, 0.1) is 5.92 Å². The van der Waals surface area contributed by atoms with E-state index in [1.165, 1.54) is 17.4 Å². The largest absolute Gasteiger partial charge is 0.478 e. The van der Waals surface area contributed by atoms with Gasteiger partial charge in [0.15, 0.2) is 0 Å². The van der Waals surface area contributed by atoms with E-state index in [1.54, 1.807) is 5.38 Å². The maximum absolute atomic E-state index is 12.1. The molecule has 0 radical (unpaired) electrons. The molecule has 0 spiro atoms. The summed E-state index contributed by atoms with van der Waals surface area (Å²) >= 11 is 1.24. The Balaban J connectivity index is 1.67. The van der Waals surface area contributed by atoms with Gasteiger partial charge in [-0.1, -0.05) is 30.3 Å². The molecule has 2 unspecified atom stereocenters. The lowest BCUT2D eigenvalue weighted by Crippen LogP contribution is -2.15. The van der Waals surface area contributed by atoms with Crippen molar-refractivity contribution in [2.45, 2.75) is 12.3 Å². The zero-order valence-corrected chi connectivity index (χ0v) is 11.4. The van der Waals surface area contributed by atoms with Crippen LogP contribution in [0.5, 0.6) is 0 Å². The van der Waals surface area contributed by atoms with Crippen molar-refractivity contribution < 1.29 is 14.7 Å². The van der Waals surface area contributed by atoms with Gasteiger partial charge in [0.05, 0.1) is 5.56 Å². The molecule has 0 saturated heterocycles. The predicted molar refractivity (Wildman–Crippen MR) is 77.2 cm³/mol. The molecule has 1 heterocycles. The number of hydrogen-bond acceptors (Lipinski definition) is 3. The van der Waals surface area contributed by atoms with Crippen molar-refractivity contribution in [3.05, 3.63) is 52.9 Å². The fraction of sp³-hybridized carbons (Fsp3) is 0.200. The van der Waals surface area contributed by atoms with Crippen molar-refractivity contribution in [3.8, 4) is 0 Å². The molecule has 1 saturated carbocycles. The Kier molecular flexibility index (Phi) is 3.28.